The molecule has 1 saturated carbocycles. The number of rotatable bonds is 6. The van der Waals surface area contributed by atoms with Crippen molar-refractivity contribution in [2.24, 2.45) is 0 Å². The van der Waals surface area contributed by atoms with E-state index in [1.807, 2.05) is 13.0 Å². The molecule has 120 valence electrons. The first-order chi connectivity index (χ1) is 11.1. The molecule has 1 aromatic carbocycles. The van der Waals surface area contributed by atoms with Crippen LogP contribution in [0.5, 0.6) is 0 Å². The summed E-state index contributed by atoms with van der Waals surface area (Å²) in [6.45, 7) is 2.66. The van der Waals surface area contributed by atoms with E-state index < -0.39 is 4.92 Å². The molecule has 23 heavy (non-hydrogen) atoms. The third-order valence-corrected chi connectivity index (χ3v) is 3.73. The number of aromatic nitrogens is 2. The molecule has 2 aromatic rings. The fourth-order valence-electron chi connectivity index (χ4n) is 2.26. The summed E-state index contributed by atoms with van der Waals surface area (Å²) in [6, 6.07) is 6.22. The van der Waals surface area contributed by atoms with Gasteiger partial charge in [0.15, 0.2) is 0 Å². The monoisotopic (exact) mass is 333 g/mol. The highest BCUT2D eigenvalue weighted by molar-refractivity contribution is 6.31. The van der Waals surface area contributed by atoms with Gasteiger partial charge in [0.2, 0.25) is 5.95 Å². The lowest BCUT2D eigenvalue weighted by Gasteiger charge is -2.11. The van der Waals surface area contributed by atoms with Gasteiger partial charge in [0, 0.05) is 29.6 Å². The standard InChI is InChI=1S/C15H16ClN5O2/c1-2-17-15-19-11(9-3-4-9)8-14(20-15)18-12-7-10(16)5-6-13(12)21(22)23/h5-9H,2-4H2,1H3,(H2,17,18,19,20). The largest absolute Gasteiger partial charge is 0.354 e. The third kappa shape index (κ3) is 3.68. The summed E-state index contributed by atoms with van der Waals surface area (Å²) in [5.74, 6) is 1.48. The van der Waals surface area contributed by atoms with Gasteiger partial charge < -0.3 is 10.6 Å². The molecular weight excluding hydrogens is 318 g/mol. The van der Waals surface area contributed by atoms with Crippen LogP contribution in [-0.2, 0) is 0 Å². The van der Waals surface area contributed by atoms with Crippen LogP contribution in [0.15, 0.2) is 24.3 Å². The summed E-state index contributed by atoms with van der Waals surface area (Å²) < 4.78 is 0. The zero-order valence-corrected chi connectivity index (χ0v) is 13.3. The molecule has 1 heterocycles. The second kappa shape index (κ2) is 6.37. The van der Waals surface area contributed by atoms with Gasteiger partial charge in [-0.05, 0) is 31.9 Å². The van der Waals surface area contributed by atoms with E-state index in [0.717, 1.165) is 18.5 Å². The van der Waals surface area contributed by atoms with Crippen LogP contribution in [0.25, 0.3) is 0 Å². The van der Waals surface area contributed by atoms with Crippen molar-refractivity contribution in [1.82, 2.24) is 9.97 Å². The van der Waals surface area contributed by atoms with E-state index in [0.29, 0.717) is 34.9 Å². The molecule has 0 atom stereocenters. The summed E-state index contributed by atoms with van der Waals surface area (Å²) >= 11 is 5.95. The van der Waals surface area contributed by atoms with Crippen molar-refractivity contribution < 1.29 is 4.92 Å². The van der Waals surface area contributed by atoms with Crippen molar-refractivity contribution >= 4 is 34.7 Å². The molecule has 0 radical (unpaired) electrons. The van der Waals surface area contributed by atoms with E-state index in [4.69, 9.17) is 11.6 Å². The van der Waals surface area contributed by atoms with Gasteiger partial charge in [-0.25, -0.2) is 4.98 Å². The molecule has 1 aliphatic carbocycles. The lowest BCUT2D eigenvalue weighted by molar-refractivity contribution is -0.383. The molecule has 1 aliphatic rings. The van der Waals surface area contributed by atoms with Crippen molar-refractivity contribution in [3.63, 3.8) is 0 Å². The highest BCUT2D eigenvalue weighted by Gasteiger charge is 2.26. The normalized spacial score (nSPS) is 13.7. The molecule has 2 N–H and O–H groups in total. The quantitative estimate of drug-likeness (QED) is 0.611. The summed E-state index contributed by atoms with van der Waals surface area (Å²) in [5, 5.41) is 17.7. The van der Waals surface area contributed by atoms with E-state index in [2.05, 4.69) is 20.6 Å². The molecule has 7 nitrogen and oxygen atoms in total. The van der Waals surface area contributed by atoms with Crippen LogP contribution in [0.2, 0.25) is 5.02 Å². The highest BCUT2D eigenvalue weighted by Crippen LogP contribution is 2.40. The fraction of sp³-hybridized carbons (Fsp3) is 0.333. The summed E-state index contributed by atoms with van der Waals surface area (Å²) in [5.41, 5.74) is 1.21. The topological polar surface area (TPSA) is 93.0 Å². The molecule has 3 rings (SSSR count). The van der Waals surface area contributed by atoms with E-state index in [1.54, 1.807) is 0 Å². The van der Waals surface area contributed by atoms with Crippen molar-refractivity contribution in [3.8, 4) is 0 Å². The summed E-state index contributed by atoms with van der Waals surface area (Å²) in [6.07, 6.45) is 2.22. The molecule has 0 amide bonds. The molecule has 0 bridgehead atoms. The van der Waals surface area contributed by atoms with Crippen LogP contribution in [0.3, 0.4) is 0 Å². The van der Waals surface area contributed by atoms with Crippen LogP contribution in [0, 0.1) is 10.1 Å². The number of anilines is 3. The van der Waals surface area contributed by atoms with Gasteiger partial charge in [-0.2, -0.15) is 4.98 Å². The van der Waals surface area contributed by atoms with Gasteiger partial charge in [-0.1, -0.05) is 11.6 Å². The van der Waals surface area contributed by atoms with Gasteiger partial charge in [0.25, 0.3) is 5.69 Å². The van der Waals surface area contributed by atoms with E-state index in [1.165, 1.54) is 18.2 Å². The first-order valence-electron chi connectivity index (χ1n) is 7.40. The number of nitrogens with one attached hydrogen (secondary N) is 2. The predicted octanol–water partition coefficient (Wildman–Crippen LogP) is 4.09. The van der Waals surface area contributed by atoms with Crippen molar-refractivity contribution in [1.29, 1.82) is 0 Å². The summed E-state index contributed by atoms with van der Waals surface area (Å²) in [7, 11) is 0. The van der Waals surface area contributed by atoms with Crippen LogP contribution >= 0.6 is 11.6 Å². The molecule has 1 aromatic heterocycles. The van der Waals surface area contributed by atoms with E-state index >= 15 is 0 Å². The van der Waals surface area contributed by atoms with Crippen LogP contribution in [0.1, 0.15) is 31.4 Å². The van der Waals surface area contributed by atoms with Gasteiger partial charge in [0.1, 0.15) is 11.5 Å². The Morgan fingerprint density at radius 1 is 1.35 bits per heavy atom. The Balaban J connectivity index is 1.96. The van der Waals surface area contributed by atoms with Crippen molar-refractivity contribution in [2.75, 3.05) is 17.2 Å². The number of benzene rings is 1. The Labute approximate surface area is 138 Å². The average Bonchev–Trinajstić information content (AvgIpc) is 3.31. The summed E-state index contributed by atoms with van der Waals surface area (Å²) in [4.78, 5) is 19.5. The maximum absolute atomic E-state index is 11.2. The van der Waals surface area contributed by atoms with E-state index in [9.17, 15) is 10.1 Å². The minimum atomic E-state index is -0.452. The molecule has 0 spiro atoms. The van der Waals surface area contributed by atoms with Crippen LogP contribution in [-0.4, -0.2) is 21.4 Å². The number of hydrogen-bond acceptors (Lipinski definition) is 6. The number of nitro benzene ring substituents is 1. The Kier molecular flexibility index (Phi) is 4.29. The van der Waals surface area contributed by atoms with E-state index in [-0.39, 0.29) is 5.69 Å². The maximum atomic E-state index is 11.2. The highest BCUT2D eigenvalue weighted by atomic mass is 35.5. The Bertz CT molecular complexity index is 749. The molecule has 0 aliphatic heterocycles. The smallest absolute Gasteiger partial charge is 0.292 e. The zero-order valence-electron chi connectivity index (χ0n) is 12.5. The fourth-order valence-corrected chi connectivity index (χ4v) is 2.43. The second-order valence-electron chi connectivity index (χ2n) is 5.35. The first-order valence-corrected chi connectivity index (χ1v) is 7.78. The van der Waals surface area contributed by atoms with Gasteiger partial charge in [-0.3, -0.25) is 10.1 Å². The number of nitro groups is 1. The minimum Gasteiger partial charge on any atom is -0.354 e. The number of nitrogens with zero attached hydrogens (tertiary/aromatic N) is 3. The zero-order chi connectivity index (χ0) is 16.4. The second-order valence-corrected chi connectivity index (χ2v) is 5.79. The molecule has 0 unspecified atom stereocenters. The molecule has 0 saturated heterocycles. The Morgan fingerprint density at radius 2 is 2.13 bits per heavy atom. The van der Waals surface area contributed by atoms with Gasteiger partial charge in [0.05, 0.1) is 10.6 Å². The van der Waals surface area contributed by atoms with Crippen molar-refractivity contribution in [2.45, 2.75) is 25.7 Å². The maximum Gasteiger partial charge on any atom is 0.292 e. The van der Waals surface area contributed by atoms with Crippen LogP contribution < -0.4 is 10.6 Å². The molecule has 8 heteroatoms. The first kappa shape index (κ1) is 15.5. The molecule has 1 fully saturated rings. The van der Waals surface area contributed by atoms with Crippen molar-refractivity contribution in [3.05, 3.63) is 45.1 Å². The van der Waals surface area contributed by atoms with Gasteiger partial charge in [-0.15, -0.1) is 0 Å². The molecular formula is C15H16ClN5O2. The lowest BCUT2D eigenvalue weighted by Crippen LogP contribution is -2.07. The Morgan fingerprint density at radius 3 is 2.78 bits per heavy atom. The van der Waals surface area contributed by atoms with Crippen LogP contribution in [0.4, 0.5) is 23.1 Å². The minimum absolute atomic E-state index is 0.0500. The average molecular weight is 334 g/mol. The predicted molar refractivity (Wildman–Crippen MR) is 89.6 cm³/mol. The third-order valence-electron chi connectivity index (χ3n) is 3.49. The lowest BCUT2D eigenvalue weighted by atomic mass is 10.2. The number of halogens is 1. The van der Waals surface area contributed by atoms with Gasteiger partial charge >= 0.3 is 0 Å². The SMILES string of the molecule is CCNc1nc(Nc2cc(Cl)ccc2[N+](=O)[O-])cc(C2CC2)n1. The Hall–Kier alpha value is -2.41. The number of hydrogen-bond donors (Lipinski definition) is 2.